The summed E-state index contributed by atoms with van der Waals surface area (Å²) in [6.07, 6.45) is 6.88. The Kier molecular flexibility index (Phi) is 6.31. The Morgan fingerprint density at radius 3 is 2.57 bits per heavy atom. The first kappa shape index (κ1) is 16.6. The summed E-state index contributed by atoms with van der Waals surface area (Å²) in [4.78, 5) is 2.53. The molecule has 0 saturated heterocycles. The third-order valence-electron chi connectivity index (χ3n) is 5.06. The van der Waals surface area contributed by atoms with Gasteiger partial charge in [-0.25, -0.2) is 0 Å². The summed E-state index contributed by atoms with van der Waals surface area (Å²) >= 11 is 0. The summed E-state index contributed by atoms with van der Waals surface area (Å²) in [5.74, 6) is 3.11. The van der Waals surface area contributed by atoms with Gasteiger partial charge in [0, 0.05) is 18.2 Å². The number of nitrogens with one attached hydrogen (secondary N) is 1. The zero-order valence-electron chi connectivity index (χ0n) is 14.2. The van der Waals surface area contributed by atoms with E-state index in [1.165, 1.54) is 37.7 Å². The minimum atomic E-state index is 0.749. The van der Waals surface area contributed by atoms with E-state index < -0.39 is 0 Å². The normalized spacial score (nSPS) is 22.9. The van der Waals surface area contributed by atoms with Crippen molar-refractivity contribution in [1.82, 2.24) is 10.2 Å². The van der Waals surface area contributed by atoms with Gasteiger partial charge in [0.15, 0.2) is 0 Å². The van der Waals surface area contributed by atoms with Crippen LogP contribution in [0.4, 0.5) is 0 Å². The van der Waals surface area contributed by atoms with Crippen LogP contribution >= 0.6 is 0 Å². The number of furan rings is 1. The second-order valence-electron chi connectivity index (χ2n) is 6.57. The molecule has 3 heteroatoms. The molecule has 0 spiro atoms. The molecule has 1 aliphatic rings. The highest BCUT2D eigenvalue weighted by atomic mass is 16.3. The van der Waals surface area contributed by atoms with Gasteiger partial charge >= 0.3 is 0 Å². The first-order valence-corrected chi connectivity index (χ1v) is 8.63. The largest absolute Gasteiger partial charge is 0.465 e. The van der Waals surface area contributed by atoms with Crippen molar-refractivity contribution in [1.29, 1.82) is 0 Å². The molecule has 21 heavy (non-hydrogen) atoms. The Balaban J connectivity index is 1.87. The summed E-state index contributed by atoms with van der Waals surface area (Å²) in [6.45, 7) is 9.38. The van der Waals surface area contributed by atoms with Gasteiger partial charge in [-0.3, -0.25) is 4.90 Å². The maximum atomic E-state index is 5.85. The SMILES string of the molecule is CCNCc1cc(CN(C)C2CCC(CC)CC2)c(C)o1. The molecule has 0 bridgehead atoms. The summed E-state index contributed by atoms with van der Waals surface area (Å²) < 4.78 is 5.85. The predicted molar refractivity (Wildman–Crippen MR) is 88.3 cm³/mol. The molecule has 0 radical (unpaired) electrons. The van der Waals surface area contributed by atoms with Crippen molar-refractivity contribution in [3.8, 4) is 0 Å². The lowest BCUT2D eigenvalue weighted by Crippen LogP contribution is -2.34. The first-order chi connectivity index (χ1) is 10.1. The second kappa shape index (κ2) is 8.00. The molecule has 3 nitrogen and oxygen atoms in total. The highest BCUT2D eigenvalue weighted by Crippen LogP contribution is 2.30. The zero-order chi connectivity index (χ0) is 15.2. The third kappa shape index (κ3) is 4.58. The Morgan fingerprint density at radius 2 is 1.95 bits per heavy atom. The molecule has 1 aliphatic carbocycles. The third-order valence-corrected chi connectivity index (χ3v) is 5.06. The van der Waals surface area contributed by atoms with E-state index in [0.29, 0.717) is 0 Å². The Morgan fingerprint density at radius 1 is 1.24 bits per heavy atom. The van der Waals surface area contributed by atoms with Gasteiger partial charge in [0.25, 0.3) is 0 Å². The number of nitrogens with zero attached hydrogens (tertiary/aromatic N) is 1. The van der Waals surface area contributed by atoms with Crippen molar-refractivity contribution in [3.05, 3.63) is 23.2 Å². The van der Waals surface area contributed by atoms with Crippen LogP contribution in [0.15, 0.2) is 10.5 Å². The topological polar surface area (TPSA) is 28.4 Å². The van der Waals surface area contributed by atoms with Gasteiger partial charge in [-0.05, 0) is 58.2 Å². The monoisotopic (exact) mass is 292 g/mol. The standard InChI is InChI=1S/C18H32N2O/c1-5-15-7-9-17(10-8-15)20(4)13-16-11-18(12-19-6-2)21-14(16)3/h11,15,17,19H,5-10,12-13H2,1-4H3. The van der Waals surface area contributed by atoms with Crippen LogP contribution < -0.4 is 5.32 Å². The molecule has 1 fully saturated rings. The Labute approximate surface area is 130 Å². The van der Waals surface area contributed by atoms with Crippen molar-refractivity contribution in [2.24, 2.45) is 5.92 Å². The minimum absolute atomic E-state index is 0.749. The van der Waals surface area contributed by atoms with Gasteiger partial charge in [0.1, 0.15) is 11.5 Å². The average Bonchev–Trinajstić information content (AvgIpc) is 2.85. The maximum absolute atomic E-state index is 5.85. The predicted octanol–water partition coefficient (Wildman–Crippen LogP) is 4.10. The summed E-state index contributed by atoms with van der Waals surface area (Å²) in [7, 11) is 2.27. The number of hydrogen-bond donors (Lipinski definition) is 1. The van der Waals surface area contributed by atoms with Crippen molar-refractivity contribution in [2.45, 2.75) is 72.0 Å². The van der Waals surface area contributed by atoms with Crippen LogP contribution in [0.1, 0.15) is 63.0 Å². The van der Waals surface area contributed by atoms with Crippen molar-refractivity contribution < 1.29 is 4.42 Å². The van der Waals surface area contributed by atoms with Crippen LogP contribution in [0.25, 0.3) is 0 Å². The van der Waals surface area contributed by atoms with Gasteiger partial charge in [0.2, 0.25) is 0 Å². The number of aryl methyl sites for hydroxylation is 1. The Hall–Kier alpha value is -0.800. The number of hydrogen-bond acceptors (Lipinski definition) is 3. The van der Waals surface area contributed by atoms with E-state index in [0.717, 1.165) is 43.1 Å². The van der Waals surface area contributed by atoms with Crippen molar-refractivity contribution in [2.75, 3.05) is 13.6 Å². The molecule has 1 saturated carbocycles. The van der Waals surface area contributed by atoms with Gasteiger partial charge < -0.3 is 9.73 Å². The molecular weight excluding hydrogens is 260 g/mol. The van der Waals surface area contributed by atoms with Crippen LogP contribution in [0, 0.1) is 12.8 Å². The minimum Gasteiger partial charge on any atom is -0.465 e. The number of rotatable bonds is 7. The van der Waals surface area contributed by atoms with E-state index in [9.17, 15) is 0 Å². The molecule has 1 N–H and O–H groups in total. The molecule has 0 aliphatic heterocycles. The molecule has 1 aromatic rings. The van der Waals surface area contributed by atoms with Crippen molar-refractivity contribution in [3.63, 3.8) is 0 Å². The van der Waals surface area contributed by atoms with Crippen molar-refractivity contribution >= 4 is 0 Å². The Bertz CT molecular complexity index is 419. The highest BCUT2D eigenvalue weighted by Gasteiger charge is 2.23. The van der Waals surface area contributed by atoms with Gasteiger partial charge in [-0.15, -0.1) is 0 Å². The lowest BCUT2D eigenvalue weighted by molar-refractivity contribution is 0.157. The van der Waals surface area contributed by atoms with Gasteiger partial charge in [0.05, 0.1) is 6.54 Å². The van der Waals surface area contributed by atoms with E-state index in [2.05, 4.69) is 44.1 Å². The molecule has 1 heterocycles. The molecular formula is C18H32N2O. The molecule has 0 unspecified atom stereocenters. The molecule has 0 aromatic carbocycles. The fourth-order valence-corrected chi connectivity index (χ4v) is 3.47. The lowest BCUT2D eigenvalue weighted by Gasteiger charge is -2.34. The van der Waals surface area contributed by atoms with E-state index in [1.807, 2.05) is 0 Å². The molecule has 0 atom stereocenters. The molecule has 1 aromatic heterocycles. The van der Waals surface area contributed by atoms with Gasteiger partial charge in [-0.1, -0.05) is 20.3 Å². The zero-order valence-corrected chi connectivity index (χ0v) is 14.2. The summed E-state index contributed by atoms with van der Waals surface area (Å²) in [5.41, 5.74) is 1.35. The highest BCUT2D eigenvalue weighted by molar-refractivity contribution is 5.20. The van der Waals surface area contributed by atoms with Crippen LogP contribution in [0.3, 0.4) is 0 Å². The van der Waals surface area contributed by atoms with E-state index >= 15 is 0 Å². The maximum Gasteiger partial charge on any atom is 0.118 e. The lowest BCUT2D eigenvalue weighted by atomic mass is 9.84. The second-order valence-corrected chi connectivity index (χ2v) is 6.57. The van der Waals surface area contributed by atoms with Crippen LogP contribution in [0.5, 0.6) is 0 Å². The van der Waals surface area contributed by atoms with Crippen LogP contribution in [0.2, 0.25) is 0 Å². The van der Waals surface area contributed by atoms with E-state index in [1.54, 1.807) is 0 Å². The van der Waals surface area contributed by atoms with Crippen LogP contribution in [-0.4, -0.2) is 24.5 Å². The molecule has 0 amide bonds. The fraction of sp³-hybridized carbons (Fsp3) is 0.778. The summed E-state index contributed by atoms with van der Waals surface area (Å²) in [6, 6.07) is 2.98. The summed E-state index contributed by atoms with van der Waals surface area (Å²) in [5, 5.41) is 3.33. The quantitative estimate of drug-likeness (QED) is 0.820. The van der Waals surface area contributed by atoms with Crippen LogP contribution in [-0.2, 0) is 13.1 Å². The first-order valence-electron chi connectivity index (χ1n) is 8.63. The van der Waals surface area contributed by atoms with E-state index in [-0.39, 0.29) is 0 Å². The smallest absolute Gasteiger partial charge is 0.118 e. The molecule has 2 rings (SSSR count). The van der Waals surface area contributed by atoms with E-state index in [4.69, 9.17) is 4.42 Å². The van der Waals surface area contributed by atoms with Gasteiger partial charge in [-0.2, -0.15) is 0 Å². The fourth-order valence-electron chi connectivity index (χ4n) is 3.47. The molecule has 120 valence electrons. The average molecular weight is 292 g/mol.